The van der Waals surface area contributed by atoms with Crippen LogP contribution in [0.5, 0.6) is 0 Å². The van der Waals surface area contributed by atoms with Gasteiger partial charge in [-0.05, 0) is 51.8 Å². The van der Waals surface area contributed by atoms with Crippen LogP contribution in [0.3, 0.4) is 0 Å². The van der Waals surface area contributed by atoms with Crippen LogP contribution in [0.1, 0.15) is 49.0 Å². The zero-order chi connectivity index (χ0) is 20.6. The number of ether oxygens (including phenoxy) is 1. The molecule has 0 spiro atoms. The number of furan rings is 1. The van der Waals surface area contributed by atoms with E-state index in [1.54, 1.807) is 6.92 Å². The van der Waals surface area contributed by atoms with Crippen LogP contribution >= 0.6 is 24.0 Å². The van der Waals surface area contributed by atoms with Crippen molar-refractivity contribution in [3.8, 4) is 0 Å². The number of aryl methyl sites for hydroxylation is 2. The molecule has 3 N–H and O–H groups in total. The first kappa shape index (κ1) is 25.5. The van der Waals surface area contributed by atoms with Gasteiger partial charge in [-0.1, -0.05) is 24.3 Å². The maximum atomic E-state index is 10.9. The summed E-state index contributed by atoms with van der Waals surface area (Å²) < 4.78 is 11.1. The van der Waals surface area contributed by atoms with Crippen molar-refractivity contribution in [3.63, 3.8) is 0 Å². The van der Waals surface area contributed by atoms with Crippen LogP contribution in [-0.4, -0.2) is 30.8 Å². The summed E-state index contributed by atoms with van der Waals surface area (Å²) in [4.78, 5) is 4.68. The molecule has 0 aliphatic carbocycles. The Kier molecular flexibility index (Phi) is 10.7. The number of aliphatic imine (C=N–C) groups is 1. The van der Waals surface area contributed by atoms with E-state index in [1.807, 2.05) is 45.9 Å². The van der Waals surface area contributed by atoms with Crippen molar-refractivity contribution < 1.29 is 14.3 Å². The molecule has 29 heavy (non-hydrogen) atoms. The smallest absolute Gasteiger partial charge is 0.191 e. The van der Waals surface area contributed by atoms with Crippen LogP contribution in [0.25, 0.3) is 0 Å². The molecule has 0 amide bonds. The van der Waals surface area contributed by atoms with Gasteiger partial charge >= 0.3 is 0 Å². The molecule has 0 saturated carbocycles. The lowest BCUT2D eigenvalue weighted by Gasteiger charge is -2.24. The van der Waals surface area contributed by atoms with E-state index in [4.69, 9.17) is 9.15 Å². The van der Waals surface area contributed by atoms with Crippen molar-refractivity contribution in [2.45, 2.75) is 53.4 Å². The second kappa shape index (κ2) is 12.2. The SMILES string of the molecule is CCNC(=NCc1ccccc1COCC)NCC(C)(O)c1cc(C)oc1C.I. The average Bonchev–Trinajstić information content (AvgIpc) is 3.02. The summed E-state index contributed by atoms with van der Waals surface area (Å²) in [7, 11) is 0. The summed E-state index contributed by atoms with van der Waals surface area (Å²) in [6.07, 6.45) is 0. The zero-order valence-corrected chi connectivity index (χ0v) is 20.4. The molecule has 7 heteroatoms. The van der Waals surface area contributed by atoms with Gasteiger partial charge in [0, 0.05) is 18.7 Å². The highest BCUT2D eigenvalue weighted by atomic mass is 127. The van der Waals surface area contributed by atoms with Crippen molar-refractivity contribution in [1.82, 2.24) is 10.6 Å². The molecule has 0 aliphatic heterocycles. The highest BCUT2D eigenvalue weighted by molar-refractivity contribution is 14.0. The molecule has 1 heterocycles. The molecule has 6 nitrogen and oxygen atoms in total. The lowest BCUT2D eigenvalue weighted by Crippen LogP contribution is -2.44. The van der Waals surface area contributed by atoms with Gasteiger partial charge in [0.15, 0.2) is 5.96 Å². The van der Waals surface area contributed by atoms with Gasteiger partial charge in [0.1, 0.15) is 17.1 Å². The molecule has 0 radical (unpaired) electrons. The van der Waals surface area contributed by atoms with Crippen molar-refractivity contribution in [2.75, 3.05) is 19.7 Å². The summed E-state index contributed by atoms with van der Waals surface area (Å²) in [6.45, 7) is 12.4. The number of hydrogen-bond acceptors (Lipinski definition) is 4. The Morgan fingerprint density at radius 3 is 2.45 bits per heavy atom. The minimum Gasteiger partial charge on any atom is -0.466 e. The molecule has 1 aromatic carbocycles. The van der Waals surface area contributed by atoms with Gasteiger partial charge in [-0.25, -0.2) is 4.99 Å². The molecule has 0 aliphatic rings. The minimum atomic E-state index is -1.06. The van der Waals surface area contributed by atoms with Crippen LogP contribution in [0.15, 0.2) is 39.7 Å². The summed E-state index contributed by atoms with van der Waals surface area (Å²) in [5, 5.41) is 17.4. The summed E-state index contributed by atoms with van der Waals surface area (Å²) >= 11 is 0. The monoisotopic (exact) mass is 515 g/mol. The van der Waals surface area contributed by atoms with Crippen LogP contribution in [0, 0.1) is 13.8 Å². The maximum absolute atomic E-state index is 10.9. The third kappa shape index (κ3) is 7.64. The van der Waals surface area contributed by atoms with E-state index in [0.717, 1.165) is 34.8 Å². The molecule has 162 valence electrons. The first-order valence-electron chi connectivity index (χ1n) is 9.84. The van der Waals surface area contributed by atoms with E-state index in [2.05, 4.69) is 27.8 Å². The van der Waals surface area contributed by atoms with Gasteiger partial charge in [-0.3, -0.25) is 0 Å². The zero-order valence-electron chi connectivity index (χ0n) is 18.0. The number of hydrogen-bond donors (Lipinski definition) is 3. The van der Waals surface area contributed by atoms with Crippen LogP contribution < -0.4 is 10.6 Å². The Balaban J connectivity index is 0.00000420. The maximum Gasteiger partial charge on any atom is 0.191 e. The van der Waals surface area contributed by atoms with Crippen molar-refractivity contribution >= 4 is 29.9 Å². The van der Waals surface area contributed by atoms with E-state index in [-0.39, 0.29) is 24.0 Å². The molecule has 2 aromatic rings. The largest absolute Gasteiger partial charge is 0.466 e. The van der Waals surface area contributed by atoms with Gasteiger partial charge in [0.05, 0.1) is 19.7 Å². The molecule has 1 atom stereocenters. The molecular weight excluding hydrogens is 481 g/mol. The molecule has 0 saturated heterocycles. The second-order valence-electron chi connectivity index (χ2n) is 7.06. The number of nitrogens with one attached hydrogen (secondary N) is 2. The van der Waals surface area contributed by atoms with E-state index in [9.17, 15) is 5.11 Å². The fourth-order valence-electron chi connectivity index (χ4n) is 3.09. The van der Waals surface area contributed by atoms with Crippen LogP contribution in [-0.2, 0) is 23.5 Å². The third-order valence-corrected chi connectivity index (χ3v) is 4.55. The van der Waals surface area contributed by atoms with E-state index < -0.39 is 5.60 Å². The van der Waals surface area contributed by atoms with E-state index >= 15 is 0 Å². The lowest BCUT2D eigenvalue weighted by molar-refractivity contribution is 0.0601. The lowest BCUT2D eigenvalue weighted by atomic mass is 9.96. The van der Waals surface area contributed by atoms with E-state index in [0.29, 0.717) is 32.3 Å². The molecule has 1 unspecified atom stereocenters. The van der Waals surface area contributed by atoms with E-state index in [1.165, 1.54) is 0 Å². The van der Waals surface area contributed by atoms with Gasteiger partial charge < -0.3 is 24.9 Å². The van der Waals surface area contributed by atoms with Gasteiger partial charge in [0.25, 0.3) is 0 Å². The minimum absolute atomic E-state index is 0. The number of nitrogens with zero attached hydrogens (tertiary/aromatic N) is 1. The number of guanidine groups is 1. The van der Waals surface area contributed by atoms with Crippen LogP contribution in [0.4, 0.5) is 0 Å². The number of benzene rings is 1. The Labute approximate surface area is 191 Å². The molecule has 2 rings (SSSR count). The number of rotatable bonds is 9. The Morgan fingerprint density at radius 1 is 1.17 bits per heavy atom. The summed E-state index contributed by atoms with van der Waals surface area (Å²) in [6, 6.07) is 10.0. The van der Waals surface area contributed by atoms with Crippen molar-refractivity contribution in [3.05, 3.63) is 58.5 Å². The van der Waals surface area contributed by atoms with Gasteiger partial charge in [-0.2, -0.15) is 0 Å². The average molecular weight is 515 g/mol. The summed E-state index contributed by atoms with van der Waals surface area (Å²) in [5.74, 6) is 2.18. The van der Waals surface area contributed by atoms with Crippen molar-refractivity contribution in [1.29, 1.82) is 0 Å². The number of aliphatic hydroxyl groups is 1. The molecular formula is C22H34IN3O3. The van der Waals surface area contributed by atoms with Crippen molar-refractivity contribution in [2.24, 2.45) is 4.99 Å². The Bertz CT molecular complexity index is 787. The van der Waals surface area contributed by atoms with Crippen LogP contribution in [0.2, 0.25) is 0 Å². The third-order valence-electron chi connectivity index (χ3n) is 4.55. The highest BCUT2D eigenvalue weighted by Gasteiger charge is 2.27. The Hall–Kier alpha value is -1.58. The Morgan fingerprint density at radius 2 is 1.86 bits per heavy atom. The fourth-order valence-corrected chi connectivity index (χ4v) is 3.09. The molecule has 0 bridgehead atoms. The van der Waals surface area contributed by atoms with Gasteiger partial charge in [0.2, 0.25) is 0 Å². The first-order valence-corrected chi connectivity index (χ1v) is 9.84. The highest BCUT2D eigenvalue weighted by Crippen LogP contribution is 2.26. The molecule has 1 aromatic heterocycles. The quantitative estimate of drug-likeness (QED) is 0.267. The normalized spacial score (nSPS) is 13.5. The summed E-state index contributed by atoms with van der Waals surface area (Å²) in [5.41, 5.74) is 1.99. The predicted octanol–water partition coefficient (Wildman–Crippen LogP) is 4.01. The standard InChI is InChI=1S/C22H33N3O3.HI/c1-6-23-21(24-13-18-10-8-9-11-19(18)14-27-7-2)25-15-22(5,26)20-12-16(3)28-17(20)4;/h8-12,26H,6-7,13-15H2,1-5H3,(H2,23,24,25);1H. The van der Waals surface area contributed by atoms with Gasteiger partial charge in [-0.15, -0.1) is 24.0 Å². The second-order valence-corrected chi connectivity index (χ2v) is 7.06. The first-order chi connectivity index (χ1) is 13.4. The predicted molar refractivity (Wildman–Crippen MR) is 128 cm³/mol. The number of halogens is 1. The molecule has 0 fully saturated rings. The fraction of sp³-hybridized carbons (Fsp3) is 0.500. The topological polar surface area (TPSA) is 79.0 Å².